The van der Waals surface area contributed by atoms with Gasteiger partial charge >= 0.3 is 5.97 Å². The van der Waals surface area contributed by atoms with Crippen molar-refractivity contribution in [2.24, 2.45) is 5.14 Å². The maximum Gasteiger partial charge on any atom is 0.336 e. The van der Waals surface area contributed by atoms with Gasteiger partial charge in [0.05, 0.1) is 16.5 Å². The number of sulfonamides is 1. The van der Waals surface area contributed by atoms with Gasteiger partial charge in [0.1, 0.15) is 49.4 Å². The predicted molar refractivity (Wildman–Crippen MR) is 250 cm³/mol. The molecule has 1 amide bonds. The molecule has 4 aromatic rings. The van der Waals surface area contributed by atoms with Crippen molar-refractivity contribution in [2.75, 3.05) is 45.0 Å². The van der Waals surface area contributed by atoms with Crippen LogP contribution in [-0.2, 0) is 19.6 Å². The van der Waals surface area contributed by atoms with Crippen LogP contribution in [0.3, 0.4) is 0 Å². The lowest BCUT2D eigenvalue weighted by Gasteiger charge is -2.19. The van der Waals surface area contributed by atoms with Gasteiger partial charge in [-0.15, -0.1) is 0 Å². The van der Waals surface area contributed by atoms with E-state index in [1.165, 1.54) is 36.4 Å². The van der Waals surface area contributed by atoms with E-state index in [1.54, 1.807) is 36.4 Å². The maximum absolute atomic E-state index is 13.3. The van der Waals surface area contributed by atoms with Gasteiger partial charge in [0.15, 0.2) is 11.6 Å². The summed E-state index contributed by atoms with van der Waals surface area (Å²) in [5.74, 6) is -0.968. The Balaban J connectivity index is 0.968. The Morgan fingerprint density at radius 2 is 1.52 bits per heavy atom. The number of carboxylic acids is 1. The van der Waals surface area contributed by atoms with Gasteiger partial charge in [0, 0.05) is 72.5 Å². The first kappa shape index (κ1) is 47.1. The first-order chi connectivity index (χ1) is 31.0. The molecular formula is C50H50N5O9S+. The number of primary sulfonamides is 1. The van der Waals surface area contributed by atoms with Crippen molar-refractivity contribution >= 4 is 61.9 Å². The van der Waals surface area contributed by atoms with Crippen molar-refractivity contribution in [3.05, 3.63) is 131 Å². The lowest BCUT2D eigenvalue weighted by Crippen LogP contribution is -2.21. The number of hydrogen-bond acceptors (Lipinski definition) is 10. The summed E-state index contributed by atoms with van der Waals surface area (Å²) in [4.78, 5) is 53.2. The molecule has 0 bridgehead atoms. The number of fused-ring (bicyclic) bond motifs is 2. The number of Topliss-reactive ketones (excluding diaryl/α,β-unsaturated/α-hetero) is 2. The third-order valence-electron chi connectivity index (χ3n) is 10.8. The largest absolute Gasteiger partial charge is 0.486 e. The Bertz CT molecular complexity index is 3000. The van der Waals surface area contributed by atoms with Crippen LogP contribution in [0.1, 0.15) is 71.2 Å². The molecule has 0 unspecified atom stereocenters. The topological polar surface area (TPSA) is 213 Å². The first-order valence-corrected chi connectivity index (χ1v) is 22.5. The normalized spacial score (nSPS) is 11.5. The van der Waals surface area contributed by atoms with Gasteiger partial charge in [-0.3, -0.25) is 14.4 Å². The van der Waals surface area contributed by atoms with Crippen LogP contribution >= 0.6 is 0 Å². The number of unbranched alkanes of at least 4 members (excludes halogenated alkanes) is 4. The highest BCUT2D eigenvalue weighted by atomic mass is 32.2. The molecule has 0 atom stereocenters. The quantitative estimate of drug-likeness (QED) is 0.0179. The number of ketones is 2. The van der Waals surface area contributed by atoms with E-state index in [0.29, 0.717) is 53.0 Å². The van der Waals surface area contributed by atoms with Gasteiger partial charge in [0.25, 0.3) is 5.91 Å². The summed E-state index contributed by atoms with van der Waals surface area (Å²) < 4.78 is 36.9. The van der Waals surface area contributed by atoms with E-state index in [0.717, 1.165) is 46.8 Å². The van der Waals surface area contributed by atoms with Crippen LogP contribution in [0, 0.1) is 11.3 Å². The first-order valence-electron chi connectivity index (χ1n) is 20.9. The summed E-state index contributed by atoms with van der Waals surface area (Å²) in [6.07, 6.45) is 5.69. The molecule has 0 spiro atoms. The zero-order valence-corrected chi connectivity index (χ0v) is 37.4. The second-order valence-corrected chi connectivity index (χ2v) is 17.5. The van der Waals surface area contributed by atoms with Crippen molar-refractivity contribution < 1.29 is 41.9 Å². The number of benzene rings is 5. The molecule has 65 heavy (non-hydrogen) atoms. The number of nitrogens with one attached hydrogen (secondary N) is 1. The van der Waals surface area contributed by atoms with E-state index in [-0.39, 0.29) is 46.3 Å². The fourth-order valence-electron chi connectivity index (χ4n) is 7.25. The minimum atomic E-state index is -3.89. The number of nitrogens with zero attached hydrogens (tertiary/aromatic N) is 3. The van der Waals surface area contributed by atoms with Crippen LogP contribution in [0.25, 0.3) is 39.5 Å². The summed E-state index contributed by atoms with van der Waals surface area (Å²) in [6, 6.07) is 30.2. The maximum atomic E-state index is 13.3. The summed E-state index contributed by atoms with van der Waals surface area (Å²) in [5, 5.41) is 29.3. The Morgan fingerprint density at radius 3 is 2.17 bits per heavy atom. The summed E-state index contributed by atoms with van der Waals surface area (Å²) >= 11 is 0. The molecule has 4 N–H and O–H groups in total. The summed E-state index contributed by atoms with van der Waals surface area (Å²) in [5.41, 5.74) is 4.53. The summed E-state index contributed by atoms with van der Waals surface area (Å²) in [6.45, 7) is -0.113. The Kier molecular flexibility index (Phi) is 15.1. The molecule has 6 rings (SSSR count). The smallest absolute Gasteiger partial charge is 0.336 e. The Morgan fingerprint density at radius 1 is 0.846 bits per heavy atom. The van der Waals surface area contributed by atoms with Gasteiger partial charge in [0.2, 0.25) is 15.4 Å². The van der Waals surface area contributed by atoms with Crippen LogP contribution in [0.4, 0.5) is 11.4 Å². The van der Waals surface area contributed by atoms with Crippen LogP contribution in [-0.4, -0.2) is 71.8 Å². The van der Waals surface area contributed by atoms with E-state index < -0.39 is 21.9 Å². The van der Waals surface area contributed by atoms with Crippen LogP contribution in [0.2, 0.25) is 0 Å². The molecule has 0 saturated heterocycles. The van der Waals surface area contributed by atoms with E-state index in [2.05, 4.69) is 5.32 Å². The highest BCUT2D eigenvalue weighted by molar-refractivity contribution is 7.89. The molecule has 0 fully saturated rings. The fraction of sp³-hybridized carbons (Fsp3) is 0.240. The number of hydrogen-bond donors (Lipinski definition) is 3. The second-order valence-electron chi connectivity index (χ2n) is 16.0. The number of nitriles is 1. The minimum Gasteiger partial charge on any atom is -0.486 e. The lowest BCUT2D eigenvalue weighted by atomic mass is 9.89. The van der Waals surface area contributed by atoms with Crippen molar-refractivity contribution in [1.29, 1.82) is 5.26 Å². The van der Waals surface area contributed by atoms with E-state index in [9.17, 15) is 38.0 Å². The lowest BCUT2D eigenvalue weighted by molar-refractivity contribution is -0.121. The van der Waals surface area contributed by atoms with Gasteiger partial charge in [-0.25, -0.2) is 22.9 Å². The average Bonchev–Trinajstić information content (AvgIpc) is 3.28. The Hall–Kier alpha value is -7.41. The molecule has 2 aliphatic rings. The standard InChI is InChI=1S/C50H49N5O9S/c1-54(2)36-17-24-42-46(28-36)64-47-29-37(55(3)4)18-25-43(47)48(42)41-23-14-33(27-44(41)50(59)60)45(57)11-9-7-5-6-8-10-38(56)31-63-39-19-12-32(13-20-39)26-34(30-51)49(58)53-35-15-21-40(22-16-35)65(52,61)62/h12-29H,5-11,31H2,1-4H3,(H3-,52,53,58,59,60,61,62)/p+1/b34-26+. The van der Waals surface area contributed by atoms with Crippen LogP contribution in [0.15, 0.2) is 118 Å². The number of ether oxygens (including phenoxy) is 1. The number of carbonyl (C=O) groups excluding carboxylic acids is 3. The SMILES string of the molecule is CN(C)c1ccc2c(-c3ccc(C(=O)CCCCCCCC(=O)COc4ccc(/C=C(\C#N)C(=O)Nc5ccc(S(N)(=O)=O)cc5)cc4)cc3C(=O)O)c3ccc(=[N+](C)C)cc-3oc2c1. The van der Waals surface area contributed by atoms with Gasteiger partial charge in [-0.1, -0.05) is 43.5 Å². The summed E-state index contributed by atoms with van der Waals surface area (Å²) in [7, 11) is 3.87. The predicted octanol–water partition coefficient (Wildman–Crippen LogP) is 7.76. The molecule has 15 heteroatoms. The second kappa shape index (κ2) is 20.8. The number of rotatable bonds is 19. The van der Waals surface area contributed by atoms with Gasteiger partial charge < -0.3 is 24.5 Å². The molecule has 0 saturated carbocycles. The number of amides is 1. The van der Waals surface area contributed by atoms with Crippen molar-refractivity contribution in [3.63, 3.8) is 0 Å². The molecule has 4 aromatic carbocycles. The average molecular weight is 897 g/mol. The Labute approximate surface area is 377 Å². The van der Waals surface area contributed by atoms with Crippen LogP contribution in [0.5, 0.6) is 5.75 Å². The number of aromatic carboxylic acids is 1. The molecule has 0 aromatic heterocycles. The van der Waals surface area contributed by atoms with Gasteiger partial charge in [-0.2, -0.15) is 5.26 Å². The number of anilines is 2. The van der Waals surface area contributed by atoms with Gasteiger partial charge in [-0.05, 0) is 90.7 Å². The van der Waals surface area contributed by atoms with E-state index >= 15 is 0 Å². The zero-order chi connectivity index (χ0) is 46.8. The molecule has 14 nitrogen and oxygen atoms in total. The van der Waals surface area contributed by atoms with Crippen molar-refractivity contribution in [3.8, 4) is 34.3 Å². The van der Waals surface area contributed by atoms with Crippen molar-refractivity contribution in [1.82, 2.24) is 4.58 Å². The monoisotopic (exact) mass is 896 g/mol. The number of carbonyl (C=O) groups is 4. The molecular weight excluding hydrogens is 847 g/mol. The number of carboxylic acid groups (broad SMARTS) is 1. The zero-order valence-electron chi connectivity index (χ0n) is 36.6. The third-order valence-corrected chi connectivity index (χ3v) is 11.7. The molecule has 334 valence electrons. The minimum absolute atomic E-state index is 0.0318. The molecule has 1 heterocycles. The van der Waals surface area contributed by atoms with Crippen molar-refractivity contribution in [2.45, 2.75) is 49.8 Å². The van der Waals surface area contributed by atoms with Crippen LogP contribution < -0.4 is 30.0 Å². The highest BCUT2D eigenvalue weighted by Crippen LogP contribution is 2.42. The molecule has 1 aliphatic heterocycles. The van der Waals surface area contributed by atoms with E-state index in [4.69, 9.17) is 14.3 Å². The number of nitrogens with two attached hydrogens (primary N) is 1. The third kappa shape index (κ3) is 12.0. The molecule has 0 radical (unpaired) electrons. The molecule has 1 aliphatic carbocycles. The fourth-order valence-corrected chi connectivity index (χ4v) is 7.76. The highest BCUT2D eigenvalue weighted by Gasteiger charge is 2.24. The van der Waals surface area contributed by atoms with E-state index in [1.807, 2.05) is 80.1 Å².